The van der Waals surface area contributed by atoms with Crippen molar-refractivity contribution in [1.82, 2.24) is 0 Å². The normalized spacial score (nSPS) is 10.9. The van der Waals surface area contributed by atoms with Crippen molar-refractivity contribution in [2.24, 2.45) is 0 Å². The summed E-state index contributed by atoms with van der Waals surface area (Å²) >= 11 is 0. The average Bonchev–Trinajstić information content (AvgIpc) is 0.762. The van der Waals surface area contributed by atoms with Crippen molar-refractivity contribution in [3.05, 3.63) is 459 Å². The maximum Gasteiger partial charge on any atom is 0.0540 e. The summed E-state index contributed by atoms with van der Waals surface area (Å²) in [6.45, 7) is 8.52. The zero-order chi connectivity index (χ0) is 74.5. The minimum absolute atomic E-state index is 1.15. The third-order valence-electron chi connectivity index (χ3n) is 20.3. The Hall–Kier alpha value is -14.1. The molecule has 0 aliphatic carbocycles. The van der Waals surface area contributed by atoms with Gasteiger partial charge in [0.15, 0.2) is 0 Å². The zero-order valence-corrected chi connectivity index (χ0v) is 62.4. The molecule has 19 aromatic carbocycles. The van der Waals surface area contributed by atoms with Gasteiger partial charge in [0.1, 0.15) is 0 Å². The van der Waals surface area contributed by atoms with E-state index in [-0.39, 0.29) is 0 Å². The predicted octanol–water partition coefficient (Wildman–Crippen LogP) is 30.4. The molecule has 0 bridgehead atoms. The Labute approximate surface area is 646 Å². The van der Waals surface area contributed by atoms with E-state index in [1.807, 2.05) is 12.1 Å². The number of fused-ring (bicyclic) bond motifs is 6. The van der Waals surface area contributed by atoms with Crippen LogP contribution in [0.5, 0.6) is 0 Å². The highest BCUT2D eigenvalue weighted by Crippen LogP contribution is 2.44. The number of para-hydroxylation sites is 4. The van der Waals surface area contributed by atoms with Crippen LogP contribution in [0, 0.1) is 27.7 Å². The van der Waals surface area contributed by atoms with Crippen LogP contribution < -0.4 is 19.6 Å². The average molecular weight is 1410 g/mol. The molecule has 0 saturated heterocycles. The lowest BCUT2D eigenvalue weighted by Gasteiger charge is -2.28. The zero-order valence-electron chi connectivity index (χ0n) is 62.4. The molecule has 0 heterocycles. The molecule has 528 valence electrons. The Bertz CT molecular complexity index is 6080. The lowest BCUT2D eigenvalue weighted by molar-refractivity contribution is 1.28. The molecule has 110 heavy (non-hydrogen) atoms. The number of anilines is 12. The summed E-state index contributed by atoms with van der Waals surface area (Å²) in [4.78, 5) is 9.31. The van der Waals surface area contributed by atoms with Crippen LogP contribution in [-0.4, -0.2) is 0 Å². The first-order valence-corrected chi connectivity index (χ1v) is 37.8. The molecular weight excluding hydrogens is 1330 g/mol. The number of aryl methyl sites for hydroxylation is 4. The van der Waals surface area contributed by atoms with Gasteiger partial charge in [0, 0.05) is 67.6 Å². The fourth-order valence-electron chi connectivity index (χ4n) is 14.7. The summed E-state index contributed by atoms with van der Waals surface area (Å²) in [6, 6.07) is 156. The minimum Gasteiger partial charge on any atom is -0.311 e. The van der Waals surface area contributed by atoms with Crippen molar-refractivity contribution in [3.63, 3.8) is 0 Å². The summed E-state index contributed by atoms with van der Waals surface area (Å²) in [7, 11) is 0. The molecule has 4 heteroatoms. The minimum atomic E-state index is 1.15. The molecule has 0 aromatic heterocycles. The third-order valence-corrected chi connectivity index (χ3v) is 20.3. The van der Waals surface area contributed by atoms with E-state index in [9.17, 15) is 0 Å². The monoisotopic (exact) mass is 1410 g/mol. The second-order valence-corrected chi connectivity index (χ2v) is 28.1. The predicted molar refractivity (Wildman–Crippen MR) is 474 cm³/mol. The Balaban J connectivity index is 0.000000112. The summed E-state index contributed by atoms with van der Waals surface area (Å²) in [6.07, 6.45) is 0. The number of rotatable bonds is 13. The molecule has 0 amide bonds. The third kappa shape index (κ3) is 15.9. The van der Waals surface area contributed by atoms with Gasteiger partial charge in [-0.1, -0.05) is 326 Å². The first-order valence-electron chi connectivity index (χ1n) is 37.8. The van der Waals surface area contributed by atoms with E-state index in [0.29, 0.717) is 0 Å². The molecule has 0 saturated carbocycles. The molecule has 19 aromatic rings. The maximum atomic E-state index is 2.38. The van der Waals surface area contributed by atoms with Crippen molar-refractivity contribution in [2.75, 3.05) is 19.6 Å². The van der Waals surface area contributed by atoms with Gasteiger partial charge in [-0.15, -0.1) is 0 Å². The van der Waals surface area contributed by atoms with Crippen LogP contribution >= 0.6 is 0 Å². The van der Waals surface area contributed by atoms with E-state index < -0.39 is 0 Å². The fourth-order valence-corrected chi connectivity index (χ4v) is 14.7. The molecule has 0 fully saturated rings. The molecule has 0 aliphatic heterocycles. The molecule has 0 aliphatic rings. The number of hydrogen-bond acceptors (Lipinski definition) is 4. The van der Waals surface area contributed by atoms with E-state index in [4.69, 9.17) is 0 Å². The van der Waals surface area contributed by atoms with Gasteiger partial charge in [-0.2, -0.15) is 0 Å². The second kappa shape index (κ2) is 32.8. The van der Waals surface area contributed by atoms with Crippen molar-refractivity contribution in [3.8, 4) is 11.1 Å². The number of nitrogens with zero attached hydrogens (tertiary/aromatic N) is 4. The Morgan fingerprint density at radius 1 is 0.136 bits per heavy atom. The summed E-state index contributed by atoms with van der Waals surface area (Å²) in [5, 5.41) is 15.0. The fraction of sp³-hybridized carbons (Fsp3) is 0.0377. The highest BCUT2D eigenvalue weighted by Gasteiger charge is 2.20. The van der Waals surface area contributed by atoms with Crippen LogP contribution in [0.2, 0.25) is 0 Å². The molecule has 0 N–H and O–H groups in total. The van der Waals surface area contributed by atoms with Crippen molar-refractivity contribution < 1.29 is 0 Å². The maximum absolute atomic E-state index is 2.38. The van der Waals surface area contributed by atoms with Gasteiger partial charge in [0.2, 0.25) is 0 Å². The molecule has 0 atom stereocenters. The van der Waals surface area contributed by atoms with Crippen LogP contribution in [0.25, 0.3) is 75.8 Å². The molecule has 0 unspecified atom stereocenters. The highest BCUT2D eigenvalue weighted by molar-refractivity contribution is 6.05. The first kappa shape index (κ1) is 70.3. The van der Waals surface area contributed by atoms with Crippen molar-refractivity contribution in [2.45, 2.75) is 27.7 Å². The lowest BCUT2D eigenvalue weighted by Crippen LogP contribution is -2.11. The summed E-state index contributed by atoms with van der Waals surface area (Å²) in [5.41, 5.74) is 21.6. The van der Waals surface area contributed by atoms with E-state index in [1.54, 1.807) is 0 Å². The SMILES string of the molecule is Cc1ccc(-c2ccc(N(c3ccccc3)c3ccccc3)cc2)cc1.Cc1ccc(N(c2cccc3ccccc23)c2cccc3ccccc23)cc1.Cc1ccc2cc(N(c3ccc4ccccc4c3)c3ccc4ccccc4c3)ccc2c1.Cc1ccc2cc(N(c3ccccc3)c3ccccc3)ccc2c1. The van der Waals surface area contributed by atoms with Gasteiger partial charge >= 0.3 is 0 Å². The Morgan fingerprint density at radius 3 is 0.755 bits per heavy atom. The molecule has 19 rings (SSSR count). The second-order valence-electron chi connectivity index (χ2n) is 28.1. The van der Waals surface area contributed by atoms with E-state index in [1.165, 1.54) is 121 Å². The Kier molecular flexibility index (Phi) is 20.9. The van der Waals surface area contributed by atoms with Crippen molar-refractivity contribution >= 4 is 133 Å². The van der Waals surface area contributed by atoms with E-state index in [0.717, 1.165) is 45.5 Å². The van der Waals surface area contributed by atoms with Gasteiger partial charge in [-0.05, 0) is 226 Å². The number of hydrogen-bond donors (Lipinski definition) is 0. The largest absolute Gasteiger partial charge is 0.311 e. The highest BCUT2D eigenvalue weighted by atomic mass is 15.2. The van der Waals surface area contributed by atoms with Crippen LogP contribution in [0.1, 0.15) is 22.3 Å². The van der Waals surface area contributed by atoms with E-state index in [2.05, 4.69) is 472 Å². The van der Waals surface area contributed by atoms with E-state index >= 15 is 0 Å². The molecule has 4 nitrogen and oxygen atoms in total. The quantitative estimate of drug-likeness (QED) is 0.114. The van der Waals surface area contributed by atoms with Crippen LogP contribution in [0.4, 0.5) is 68.2 Å². The summed E-state index contributed by atoms with van der Waals surface area (Å²) < 4.78 is 0. The van der Waals surface area contributed by atoms with Crippen LogP contribution in [0.15, 0.2) is 437 Å². The van der Waals surface area contributed by atoms with Gasteiger partial charge in [-0.25, -0.2) is 0 Å². The molecule has 0 radical (unpaired) electrons. The lowest BCUT2D eigenvalue weighted by atomic mass is 10.0. The topological polar surface area (TPSA) is 13.0 Å². The smallest absolute Gasteiger partial charge is 0.0540 e. The number of benzene rings is 19. The standard InChI is InChI=1S/C31H23N.C27H21N.C25H21N.C23H19N/c1-22-10-11-28-21-31(17-14-27(28)18-22)32(29-15-12-23-6-2-4-8-25(23)19-29)30-16-13-24-7-3-5-9-26(24)20-30;1-20-16-18-23(19-17-20)28(26-14-6-10-21-8-2-4-12-24(21)26)27-15-7-11-22-9-3-5-13-25(22)27;1-20-12-14-21(15-13-20)22-16-18-25(19-17-22)26(23-8-4-2-5-9-23)24-10-6-3-7-11-24;1-18-12-13-20-17-23(15-14-19(20)16-18)24(21-8-4-2-5-9-21)22-10-6-3-7-11-22/h2-21H,1H3;2-19H,1H3;2-19H,1H3;2-17H,1H3. The van der Waals surface area contributed by atoms with Crippen LogP contribution in [-0.2, 0) is 0 Å². The molecular formula is C106H84N4. The van der Waals surface area contributed by atoms with Gasteiger partial charge in [0.25, 0.3) is 0 Å². The first-order chi connectivity index (χ1) is 54.2. The van der Waals surface area contributed by atoms with Crippen LogP contribution in [0.3, 0.4) is 0 Å². The van der Waals surface area contributed by atoms with Crippen molar-refractivity contribution in [1.29, 1.82) is 0 Å². The molecule has 0 spiro atoms. The Morgan fingerprint density at radius 2 is 0.364 bits per heavy atom. The van der Waals surface area contributed by atoms with Gasteiger partial charge in [-0.3, -0.25) is 0 Å². The van der Waals surface area contributed by atoms with Gasteiger partial charge < -0.3 is 19.6 Å². The summed E-state index contributed by atoms with van der Waals surface area (Å²) in [5.74, 6) is 0. The van der Waals surface area contributed by atoms with Gasteiger partial charge in [0.05, 0.1) is 11.4 Å².